The Morgan fingerprint density at radius 3 is 2.59 bits per heavy atom. The molecule has 0 aromatic carbocycles. The van der Waals surface area contributed by atoms with Crippen LogP contribution in [0.3, 0.4) is 0 Å². The van der Waals surface area contributed by atoms with Crippen molar-refractivity contribution in [3.05, 3.63) is 17.8 Å². The Balaban J connectivity index is 1.59. The number of carbonyl (C=O) groups excluding carboxylic acids is 2. The van der Waals surface area contributed by atoms with Gasteiger partial charge in [-0.1, -0.05) is 0 Å². The standard InChI is InChI=1S/C19H24F2N4O3S/c1-18(2)14(15(22)26)25(10-29-18)17(27)12-5-6-13(24-8-19(20,21)9-24)16(23-12)28-7-11-3-4-11/h5-6,11,14H,3-4,7-10H2,1-2H3,(H2,22,26)/t14-/m1/s1. The van der Waals surface area contributed by atoms with Crippen LogP contribution in [0.2, 0.25) is 0 Å². The molecule has 1 saturated carbocycles. The molecular formula is C19H24F2N4O3S. The molecule has 0 unspecified atom stereocenters. The number of pyridine rings is 1. The van der Waals surface area contributed by atoms with Gasteiger partial charge in [-0.25, -0.2) is 13.8 Å². The Kier molecular flexibility index (Phi) is 4.87. The number of hydrogen-bond donors (Lipinski definition) is 1. The van der Waals surface area contributed by atoms with Crippen LogP contribution in [0.15, 0.2) is 12.1 Å². The highest BCUT2D eigenvalue weighted by Crippen LogP contribution is 2.41. The first-order valence-electron chi connectivity index (χ1n) is 9.58. The molecule has 2 N–H and O–H groups in total. The molecule has 4 rings (SSSR count). The fraction of sp³-hybridized carbons (Fsp3) is 0.632. The highest BCUT2D eigenvalue weighted by Gasteiger charge is 2.48. The summed E-state index contributed by atoms with van der Waals surface area (Å²) >= 11 is 1.47. The lowest BCUT2D eigenvalue weighted by molar-refractivity contribution is -0.122. The van der Waals surface area contributed by atoms with Gasteiger partial charge in [0.25, 0.3) is 11.8 Å². The monoisotopic (exact) mass is 426 g/mol. The first-order chi connectivity index (χ1) is 13.6. The van der Waals surface area contributed by atoms with Crippen molar-refractivity contribution >= 4 is 29.3 Å². The van der Waals surface area contributed by atoms with Crippen LogP contribution in [-0.4, -0.2) is 64.0 Å². The van der Waals surface area contributed by atoms with E-state index in [1.807, 2.05) is 13.8 Å². The minimum Gasteiger partial charge on any atom is -0.476 e. The van der Waals surface area contributed by atoms with Crippen molar-refractivity contribution in [1.29, 1.82) is 0 Å². The highest BCUT2D eigenvalue weighted by molar-refractivity contribution is 8.00. The molecule has 2 amide bonds. The van der Waals surface area contributed by atoms with Gasteiger partial charge in [-0.05, 0) is 44.7 Å². The Morgan fingerprint density at radius 1 is 1.31 bits per heavy atom. The number of alkyl halides is 2. The molecule has 2 aliphatic heterocycles. The number of amides is 2. The van der Waals surface area contributed by atoms with Gasteiger partial charge in [-0.15, -0.1) is 11.8 Å². The Bertz CT molecular complexity index is 839. The summed E-state index contributed by atoms with van der Waals surface area (Å²) in [5.41, 5.74) is 6.11. The van der Waals surface area contributed by atoms with Gasteiger partial charge in [0.15, 0.2) is 0 Å². The molecule has 1 aromatic heterocycles. The van der Waals surface area contributed by atoms with Crippen LogP contribution >= 0.6 is 11.8 Å². The topological polar surface area (TPSA) is 88.8 Å². The molecule has 29 heavy (non-hydrogen) atoms. The average molecular weight is 426 g/mol. The van der Waals surface area contributed by atoms with E-state index in [9.17, 15) is 18.4 Å². The van der Waals surface area contributed by atoms with E-state index in [2.05, 4.69) is 4.98 Å². The lowest BCUT2D eigenvalue weighted by atomic mass is 10.0. The Morgan fingerprint density at radius 2 is 2.00 bits per heavy atom. The number of nitrogens with two attached hydrogens (primary N) is 1. The van der Waals surface area contributed by atoms with Crippen LogP contribution in [0.5, 0.6) is 5.88 Å². The van der Waals surface area contributed by atoms with Crippen LogP contribution < -0.4 is 15.4 Å². The minimum absolute atomic E-state index is 0.108. The first kappa shape index (κ1) is 20.2. The smallest absolute Gasteiger partial charge is 0.282 e. The quantitative estimate of drug-likeness (QED) is 0.750. The molecule has 3 fully saturated rings. The number of hydrogen-bond acceptors (Lipinski definition) is 6. The van der Waals surface area contributed by atoms with Crippen molar-refractivity contribution in [3.8, 4) is 5.88 Å². The minimum atomic E-state index is -2.73. The molecule has 158 valence electrons. The van der Waals surface area contributed by atoms with E-state index in [-0.39, 0.29) is 11.6 Å². The Labute approximate surface area is 171 Å². The fourth-order valence-electron chi connectivity index (χ4n) is 3.65. The average Bonchev–Trinajstić information content (AvgIpc) is 3.38. The van der Waals surface area contributed by atoms with Crippen molar-refractivity contribution in [3.63, 3.8) is 0 Å². The number of primary amides is 1. The zero-order valence-corrected chi connectivity index (χ0v) is 17.2. The molecule has 1 aromatic rings. The lowest BCUT2D eigenvalue weighted by Crippen LogP contribution is -2.56. The van der Waals surface area contributed by atoms with Gasteiger partial charge in [0, 0.05) is 4.75 Å². The van der Waals surface area contributed by atoms with Gasteiger partial charge in [-0.3, -0.25) is 9.59 Å². The van der Waals surface area contributed by atoms with Crippen molar-refractivity contribution in [2.75, 3.05) is 30.5 Å². The maximum atomic E-state index is 13.3. The second-order valence-corrected chi connectivity index (χ2v) is 10.0. The number of ether oxygens (including phenoxy) is 1. The van der Waals surface area contributed by atoms with E-state index < -0.39 is 41.6 Å². The predicted octanol–water partition coefficient (Wildman–Crippen LogP) is 2.10. The largest absolute Gasteiger partial charge is 0.476 e. The van der Waals surface area contributed by atoms with Crippen molar-refractivity contribution in [1.82, 2.24) is 9.88 Å². The predicted molar refractivity (Wildman–Crippen MR) is 105 cm³/mol. The van der Waals surface area contributed by atoms with E-state index in [1.165, 1.54) is 27.6 Å². The summed E-state index contributed by atoms with van der Waals surface area (Å²) in [6.45, 7) is 3.37. The molecule has 0 radical (unpaired) electrons. The van der Waals surface area contributed by atoms with Crippen LogP contribution in [0.1, 0.15) is 37.2 Å². The highest BCUT2D eigenvalue weighted by atomic mass is 32.2. The van der Waals surface area contributed by atoms with Gasteiger partial charge in [-0.2, -0.15) is 0 Å². The SMILES string of the molecule is CC1(C)SCN(C(=O)c2ccc(N3CC(F)(F)C3)c(OCC3CC3)n2)[C@@H]1C(N)=O. The van der Waals surface area contributed by atoms with Gasteiger partial charge < -0.3 is 20.3 Å². The van der Waals surface area contributed by atoms with Crippen molar-refractivity contribution < 1.29 is 23.1 Å². The van der Waals surface area contributed by atoms with Crippen LogP contribution in [0, 0.1) is 5.92 Å². The third-order valence-electron chi connectivity index (χ3n) is 5.47. The normalized spacial score (nSPS) is 24.9. The number of aromatic nitrogens is 1. The second-order valence-electron chi connectivity index (χ2n) is 8.44. The molecular weight excluding hydrogens is 402 g/mol. The molecule has 2 saturated heterocycles. The molecule has 10 heteroatoms. The van der Waals surface area contributed by atoms with Crippen LogP contribution in [0.4, 0.5) is 14.5 Å². The number of nitrogens with zero attached hydrogens (tertiary/aromatic N) is 3. The van der Waals surface area contributed by atoms with Crippen molar-refractivity contribution in [2.45, 2.75) is 43.4 Å². The fourth-order valence-corrected chi connectivity index (χ4v) is 4.79. The van der Waals surface area contributed by atoms with Gasteiger partial charge in [0.05, 0.1) is 25.6 Å². The molecule has 1 atom stereocenters. The van der Waals surface area contributed by atoms with Crippen LogP contribution in [-0.2, 0) is 4.79 Å². The summed E-state index contributed by atoms with van der Waals surface area (Å²) in [5.74, 6) is -2.78. The van der Waals surface area contributed by atoms with Gasteiger partial charge in [0.1, 0.15) is 17.4 Å². The molecule has 0 bridgehead atoms. The second kappa shape index (κ2) is 7.00. The van der Waals surface area contributed by atoms with E-state index in [4.69, 9.17) is 10.5 Å². The first-order valence-corrected chi connectivity index (χ1v) is 10.6. The maximum absolute atomic E-state index is 13.3. The summed E-state index contributed by atoms with van der Waals surface area (Å²) in [6.07, 6.45) is 2.13. The van der Waals surface area contributed by atoms with Gasteiger partial charge in [0.2, 0.25) is 11.8 Å². The summed E-state index contributed by atoms with van der Waals surface area (Å²) in [5, 5.41) is 0. The van der Waals surface area contributed by atoms with E-state index in [0.717, 1.165) is 12.8 Å². The number of rotatable bonds is 6. The number of thioether (sulfide) groups is 1. The summed E-state index contributed by atoms with van der Waals surface area (Å²) in [6, 6.07) is 2.32. The zero-order valence-electron chi connectivity index (χ0n) is 16.4. The van der Waals surface area contributed by atoms with Crippen LogP contribution in [0.25, 0.3) is 0 Å². The van der Waals surface area contributed by atoms with E-state index in [1.54, 1.807) is 6.07 Å². The zero-order chi connectivity index (χ0) is 21.0. The van der Waals surface area contributed by atoms with E-state index in [0.29, 0.717) is 24.1 Å². The Hall–Kier alpha value is -2.10. The molecule has 7 nitrogen and oxygen atoms in total. The maximum Gasteiger partial charge on any atom is 0.282 e. The van der Waals surface area contributed by atoms with Gasteiger partial charge >= 0.3 is 0 Å². The van der Waals surface area contributed by atoms with E-state index >= 15 is 0 Å². The van der Waals surface area contributed by atoms with Crippen molar-refractivity contribution in [2.24, 2.45) is 11.7 Å². The lowest BCUT2D eigenvalue weighted by Gasteiger charge is -2.40. The summed E-state index contributed by atoms with van der Waals surface area (Å²) in [4.78, 5) is 32.3. The molecule has 0 spiro atoms. The third kappa shape index (κ3) is 3.99. The molecule has 3 aliphatic rings. The third-order valence-corrected chi connectivity index (χ3v) is 6.85. The molecule has 1 aliphatic carbocycles. The molecule has 3 heterocycles. The summed E-state index contributed by atoms with van der Waals surface area (Å²) in [7, 11) is 0. The number of anilines is 1. The number of carbonyl (C=O) groups is 2. The summed E-state index contributed by atoms with van der Waals surface area (Å²) < 4.78 is 31.9. The number of halogens is 2.